The molecule has 0 bridgehead atoms. The summed E-state index contributed by atoms with van der Waals surface area (Å²) in [7, 11) is 0. The van der Waals surface area contributed by atoms with Gasteiger partial charge in [0.05, 0.1) is 0 Å². The molecule has 1 fully saturated rings. The molecular weight excluding hydrogens is 270 g/mol. The Bertz CT molecular complexity index is 689. The van der Waals surface area contributed by atoms with Gasteiger partial charge in [0.25, 0.3) is 5.91 Å². The van der Waals surface area contributed by atoms with E-state index < -0.39 is 0 Å². The topological polar surface area (TPSA) is 84.2 Å². The van der Waals surface area contributed by atoms with Crippen molar-refractivity contribution < 1.29 is 14.1 Å². The molecule has 0 unspecified atom stereocenters. The quantitative estimate of drug-likeness (QED) is 0.904. The van der Waals surface area contributed by atoms with Crippen LogP contribution >= 0.6 is 0 Å². The van der Waals surface area contributed by atoms with Crippen LogP contribution in [0, 0.1) is 0 Å². The number of nitrogens with zero attached hydrogens (tertiary/aromatic N) is 1. The molecule has 2 amide bonds. The van der Waals surface area contributed by atoms with Crippen LogP contribution in [0.1, 0.15) is 41.9 Å². The van der Waals surface area contributed by atoms with Gasteiger partial charge in [-0.25, -0.2) is 0 Å². The molecule has 1 heterocycles. The lowest BCUT2D eigenvalue weighted by Gasteiger charge is -2.06. The van der Waals surface area contributed by atoms with Crippen molar-refractivity contribution in [3.05, 3.63) is 41.8 Å². The third kappa shape index (κ3) is 3.28. The highest BCUT2D eigenvalue weighted by molar-refractivity contribution is 6.03. The van der Waals surface area contributed by atoms with Crippen LogP contribution in [0.25, 0.3) is 0 Å². The molecule has 6 heteroatoms. The van der Waals surface area contributed by atoms with Crippen LogP contribution in [0.2, 0.25) is 0 Å². The zero-order valence-electron chi connectivity index (χ0n) is 11.6. The summed E-state index contributed by atoms with van der Waals surface area (Å²) in [5, 5.41) is 9.18. The van der Waals surface area contributed by atoms with Crippen LogP contribution in [0.3, 0.4) is 0 Å². The maximum Gasteiger partial charge on any atom is 0.277 e. The van der Waals surface area contributed by atoms with Crippen LogP contribution in [0.4, 0.5) is 11.4 Å². The molecule has 0 spiro atoms. The molecule has 0 saturated heterocycles. The standard InChI is InChI=1S/C15H15N3O3/c1-9(19)16-11-3-2-4-12(7-11)17-15(20)13-8-14(21-18-13)10-5-6-10/h2-4,7-8,10H,5-6H2,1H3,(H,16,19)(H,17,20). The van der Waals surface area contributed by atoms with Crippen LogP contribution in [0.5, 0.6) is 0 Å². The number of nitrogens with one attached hydrogen (secondary N) is 2. The Hall–Kier alpha value is -2.63. The predicted molar refractivity (Wildman–Crippen MR) is 77.2 cm³/mol. The number of carbonyl (C=O) groups is 2. The van der Waals surface area contributed by atoms with Gasteiger partial charge in [-0.15, -0.1) is 0 Å². The monoisotopic (exact) mass is 285 g/mol. The third-order valence-electron chi connectivity index (χ3n) is 3.18. The maximum absolute atomic E-state index is 12.1. The molecule has 2 aromatic rings. The van der Waals surface area contributed by atoms with Crippen LogP contribution in [-0.4, -0.2) is 17.0 Å². The first-order valence-electron chi connectivity index (χ1n) is 6.77. The van der Waals surface area contributed by atoms with Crippen molar-refractivity contribution in [2.24, 2.45) is 0 Å². The van der Waals surface area contributed by atoms with Crippen LogP contribution in [-0.2, 0) is 4.79 Å². The van der Waals surface area contributed by atoms with Gasteiger partial charge < -0.3 is 15.2 Å². The van der Waals surface area contributed by atoms with Gasteiger partial charge >= 0.3 is 0 Å². The second-order valence-electron chi connectivity index (χ2n) is 5.10. The average Bonchev–Trinajstić information content (AvgIpc) is 3.16. The predicted octanol–water partition coefficient (Wildman–Crippen LogP) is 2.76. The van der Waals surface area contributed by atoms with Gasteiger partial charge in [-0.05, 0) is 31.0 Å². The Labute approximate surface area is 121 Å². The van der Waals surface area contributed by atoms with Crippen molar-refractivity contribution >= 4 is 23.2 Å². The highest BCUT2D eigenvalue weighted by Gasteiger charge is 2.28. The molecule has 1 aromatic heterocycles. The summed E-state index contributed by atoms with van der Waals surface area (Å²) in [6, 6.07) is 8.61. The van der Waals surface area contributed by atoms with E-state index in [4.69, 9.17) is 4.52 Å². The number of hydrogen-bond donors (Lipinski definition) is 2. The highest BCUT2D eigenvalue weighted by Crippen LogP contribution is 2.40. The molecule has 0 radical (unpaired) electrons. The Morgan fingerprint density at radius 2 is 1.90 bits per heavy atom. The fourth-order valence-corrected chi connectivity index (χ4v) is 2.03. The number of benzene rings is 1. The summed E-state index contributed by atoms with van der Waals surface area (Å²) in [5.74, 6) is 0.698. The lowest BCUT2D eigenvalue weighted by molar-refractivity contribution is -0.114. The largest absolute Gasteiger partial charge is 0.360 e. The first-order valence-corrected chi connectivity index (χ1v) is 6.77. The second-order valence-corrected chi connectivity index (χ2v) is 5.10. The minimum atomic E-state index is -0.328. The fraction of sp³-hybridized carbons (Fsp3) is 0.267. The number of amides is 2. The zero-order chi connectivity index (χ0) is 14.8. The Morgan fingerprint density at radius 1 is 1.19 bits per heavy atom. The summed E-state index contributed by atoms with van der Waals surface area (Å²) in [5.41, 5.74) is 1.48. The van der Waals surface area contributed by atoms with Crippen molar-refractivity contribution in [2.75, 3.05) is 10.6 Å². The van der Waals surface area contributed by atoms with E-state index in [2.05, 4.69) is 15.8 Å². The average molecular weight is 285 g/mol. The van der Waals surface area contributed by atoms with E-state index in [1.165, 1.54) is 6.92 Å². The molecule has 2 N–H and O–H groups in total. The highest BCUT2D eigenvalue weighted by atomic mass is 16.5. The molecule has 0 atom stereocenters. The van der Waals surface area contributed by atoms with E-state index in [1.807, 2.05) is 0 Å². The van der Waals surface area contributed by atoms with Gasteiger partial charge in [0.1, 0.15) is 5.76 Å². The molecule has 1 aromatic carbocycles. The Morgan fingerprint density at radius 3 is 2.57 bits per heavy atom. The van der Waals surface area contributed by atoms with Crippen molar-refractivity contribution in [1.82, 2.24) is 5.16 Å². The first kappa shape index (κ1) is 13.4. The van der Waals surface area contributed by atoms with Gasteiger partial charge in [-0.3, -0.25) is 9.59 Å². The third-order valence-corrected chi connectivity index (χ3v) is 3.18. The van der Waals surface area contributed by atoms with Gasteiger partial charge in [0.2, 0.25) is 5.91 Å². The molecule has 108 valence electrons. The van der Waals surface area contributed by atoms with Gasteiger partial charge in [-0.1, -0.05) is 11.2 Å². The number of hydrogen-bond acceptors (Lipinski definition) is 4. The smallest absolute Gasteiger partial charge is 0.277 e. The molecule has 21 heavy (non-hydrogen) atoms. The fourth-order valence-electron chi connectivity index (χ4n) is 2.03. The van der Waals surface area contributed by atoms with Crippen LogP contribution < -0.4 is 10.6 Å². The Balaban J connectivity index is 1.69. The molecular formula is C15H15N3O3. The van der Waals surface area contributed by atoms with E-state index in [-0.39, 0.29) is 17.5 Å². The van der Waals surface area contributed by atoms with Crippen LogP contribution in [0.15, 0.2) is 34.9 Å². The van der Waals surface area contributed by atoms with E-state index in [9.17, 15) is 9.59 Å². The normalized spacial score (nSPS) is 13.8. The summed E-state index contributed by atoms with van der Waals surface area (Å²) < 4.78 is 5.16. The van der Waals surface area contributed by atoms with Crippen molar-refractivity contribution in [3.63, 3.8) is 0 Å². The molecule has 6 nitrogen and oxygen atoms in total. The number of carbonyl (C=O) groups excluding carboxylic acids is 2. The molecule has 1 saturated carbocycles. The summed E-state index contributed by atoms with van der Waals surface area (Å²) in [4.78, 5) is 23.1. The molecule has 1 aliphatic rings. The van der Waals surface area contributed by atoms with Gasteiger partial charge in [-0.2, -0.15) is 0 Å². The van der Waals surface area contributed by atoms with E-state index in [1.54, 1.807) is 30.3 Å². The second kappa shape index (κ2) is 5.40. The summed E-state index contributed by atoms with van der Waals surface area (Å²) in [6.45, 7) is 1.43. The lowest BCUT2D eigenvalue weighted by Crippen LogP contribution is -2.12. The molecule has 0 aliphatic heterocycles. The number of rotatable bonds is 4. The molecule has 1 aliphatic carbocycles. The van der Waals surface area contributed by atoms with Gasteiger partial charge in [0, 0.05) is 30.3 Å². The van der Waals surface area contributed by atoms with E-state index >= 15 is 0 Å². The summed E-state index contributed by atoms with van der Waals surface area (Å²) in [6.07, 6.45) is 2.18. The van der Waals surface area contributed by atoms with E-state index in [0.717, 1.165) is 18.6 Å². The Kier molecular flexibility index (Phi) is 3.43. The SMILES string of the molecule is CC(=O)Nc1cccc(NC(=O)c2cc(C3CC3)on2)c1. The van der Waals surface area contributed by atoms with Crippen molar-refractivity contribution in [1.29, 1.82) is 0 Å². The summed E-state index contributed by atoms with van der Waals surface area (Å²) >= 11 is 0. The zero-order valence-corrected chi connectivity index (χ0v) is 11.6. The van der Waals surface area contributed by atoms with Gasteiger partial charge in [0.15, 0.2) is 5.69 Å². The van der Waals surface area contributed by atoms with E-state index in [0.29, 0.717) is 17.3 Å². The molecule has 3 rings (SSSR count). The first-order chi connectivity index (χ1) is 10.1. The van der Waals surface area contributed by atoms with Crippen molar-refractivity contribution in [3.8, 4) is 0 Å². The number of aromatic nitrogens is 1. The minimum absolute atomic E-state index is 0.163. The van der Waals surface area contributed by atoms with Crippen molar-refractivity contribution in [2.45, 2.75) is 25.7 Å². The minimum Gasteiger partial charge on any atom is -0.360 e. The maximum atomic E-state index is 12.1. The lowest BCUT2D eigenvalue weighted by atomic mass is 10.2. The number of anilines is 2.